The number of methoxy groups -OCH3 is 1. The fourth-order valence-electron chi connectivity index (χ4n) is 3.06. The first kappa shape index (κ1) is 21.1. The first-order valence-electron chi connectivity index (χ1n) is 9.28. The molecule has 0 saturated carbocycles. The first-order chi connectivity index (χ1) is 14.9. The summed E-state index contributed by atoms with van der Waals surface area (Å²) in [4.78, 5) is 17.9. The molecule has 1 aromatic heterocycles. The Morgan fingerprint density at radius 1 is 1.26 bits per heavy atom. The lowest BCUT2D eigenvalue weighted by Gasteiger charge is -2.08. The zero-order valence-electron chi connectivity index (χ0n) is 16.3. The van der Waals surface area contributed by atoms with Gasteiger partial charge in [0.25, 0.3) is 5.91 Å². The lowest BCUT2D eigenvalue weighted by molar-refractivity contribution is -0.125. The number of carbonyl (C=O) groups excluding carboxylic acids is 1. The molecule has 1 amide bonds. The van der Waals surface area contributed by atoms with Crippen molar-refractivity contribution in [3.8, 4) is 5.75 Å². The minimum atomic E-state index is -0.801. The van der Waals surface area contributed by atoms with Gasteiger partial charge < -0.3 is 14.9 Å². The number of nitrogens with zero attached hydrogens (tertiary/aromatic N) is 3. The van der Waals surface area contributed by atoms with Crippen LogP contribution in [-0.2, 0) is 16.2 Å². The van der Waals surface area contributed by atoms with Gasteiger partial charge in [-0.25, -0.2) is 4.39 Å². The summed E-state index contributed by atoms with van der Waals surface area (Å²) in [5, 5.41) is 11.5. The number of ether oxygens (including phenoxy) is 1. The molecule has 31 heavy (non-hydrogen) atoms. The van der Waals surface area contributed by atoms with Crippen molar-refractivity contribution in [1.82, 2.24) is 9.78 Å². The number of carbonyl (C=O) groups is 1. The molecule has 10 heteroatoms. The lowest BCUT2D eigenvalue weighted by atomic mass is 10.0. The van der Waals surface area contributed by atoms with Gasteiger partial charge in [0.1, 0.15) is 16.6 Å². The molecule has 2 heterocycles. The Kier molecular flexibility index (Phi) is 6.11. The summed E-state index contributed by atoms with van der Waals surface area (Å²) in [5.74, 6) is 0.0725. The molecule has 1 unspecified atom stereocenters. The Hall–Kier alpha value is -3.10. The van der Waals surface area contributed by atoms with Crippen LogP contribution in [0.15, 0.2) is 53.8 Å². The Balaban J connectivity index is 1.39. The van der Waals surface area contributed by atoms with Crippen molar-refractivity contribution in [3.05, 3.63) is 75.7 Å². The van der Waals surface area contributed by atoms with Gasteiger partial charge >= 0.3 is 0 Å². The molecule has 1 N–H and O–H groups in total. The molecule has 4 rings (SSSR count). The summed E-state index contributed by atoms with van der Waals surface area (Å²) < 4.78 is 19.9. The van der Waals surface area contributed by atoms with Gasteiger partial charge in [0, 0.05) is 17.6 Å². The number of oxime groups is 1. The second kappa shape index (κ2) is 8.95. The highest BCUT2D eigenvalue weighted by molar-refractivity contribution is 6.33. The van der Waals surface area contributed by atoms with Crippen molar-refractivity contribution in [2.75, 3.05) is 12.4 Å². The summed E-state index contributed by atoms with van der Waals surface area (Å²) >= 11 is 12.3. The van der Waals surface area contributed by atoms with Crippen LogP contribution in [0.3, 0.4) is 0 Å². The van der Waals surface area contributed by atoms with Crippen LogP contribution in [0.5, 0.6) is 5.75 Å². The maximum absolute atomic E-state index is 13.2. The minimum absolute atomic E-state index is 0.186. The first-order valence-corrected chi connectivity index (χ1v) is 10.0. The molecule has 160 valence electrons. The molecule has 1 aliphatic heterocycles. The number of aromatic nitrogens is 2. The van der Waals surface area contributed by atoms with Gasteiger partial charge in [0.2, 0.25) is 6.10 Å². The topological polar surface area (TPSA) is 77.7 Å². The number of rotatable bonds is 6. The molecule has 2 aromatic carbocycles. The summed E-state index contributed by atoms with van der Waals surface area (Å²) in [6.07, 6.45) is 1.05. The van der Waals surface area contributed by atoms with Gasteiger partial charge in [-0.3, -0.25) is 9.48 Å². The zero-order chi connectivity index (χ0) is 22.0. The molecule has 7 nitrogen and oxygen atoms in total. The number of halogens is 3. The fourth-order valence-corrected chi connectivity index (χ4v) is 3.48. The van der Waals surface area contributed by atoms with Crippen LogP contribution in [-0.4, -0.2) is 34.6 Å². The van der Waals surface area contributed by atoms with E-state index in [2.05, 4.69) is 15.6 Å². The van der Waals surface area contributed by atoms with Crippen LogP contribution in [0.1, 0.15) is 17.5 Å². The molecule has 1 aliphatic rings. The van der Waals surface area contributed by atoms with Gasteiger partial charge in [-0.05, 0) is 47.5 Å². The van der Waals surface area contributed by atoms with Crippen molar-refractivity contribution in [2.45, 2.75) is 19.1 Å². The Morgan fingerprint density at radius 2 is 2.03 bits per heavy atom. The number of amides is 1. The molecule has 0 bridgehead atoms. The van der Waals surface area contributed by atoms with Crippen LogP contribution >= 0.6 is 23.2 Å². The van der Waals surface area contributed by atoms with Crippen molar-refractivity contribution in [3.63, 3.8) is 0 Å². The van der Waals surface area contributed by atoms with E-state index in [-0.39, 0.29) is 22.4 Å². The van der Waals surface area contributed by atoms with E-state index in [9.17, 15) is 9.18 Å². The standard InChI is InChI=1S/C21H17Cl2FN4O3/c1-30-15-6-3-12(4-7-15)18-9-19(31-27-18)21(29)25-20-17(23)11-28(26-20)10-13-2-5-14(24)8-16(13)22/h2-8,11,19H,9-10H2,1H3,(H,25,26,29). The van der Waals surface area contributed by atoms with Crippen LogP contribution in [0.4, 0.5) is 10.2 Å². The third kappa shape index (κ3) is 4.81. The van der Waals surface area contributed by atoms with Crippen molar-refractivity contribution in [1.29, 1.82) is 0 Å². The number of hydrogen-bond donors (Lipinski definition) is 1. The highest BCUT2D eigenvalue weighted by Gasteiger charge is 2.30. The van der Waals surface area contributed by atoms with Crippen molar-refractivity contribution >= 4 is 40.6 Å². The second-order valence-electron chi connectivity index (χ2n) is 6.81. The smallest absolute Gasteiger partial charge is 0.269 e. The largest absolute Gasteiger partial charge is 0.497 e. The summed E-state index contributed by atoms with van der Waals surface area (Å²) in [6, 6.07) is 11.4. The van der Waals surface area contributed by atoms with Crippen molar-refractivity contribution in [2.24, 2.45) is 5.16 Å². The molecule has 3 aromatic rings. The predicted molar refractivity (Wildman–Crippen MR) is 115 cm³/mol. The van der Waals surface area contributed by atoms with Crippen molar-refractivity contribution < 1.29 is 18.8 Å². The maximum Gasteiger partial charge on any atom is 0.269 e. The van der Waals surface area contributed by atoms with E-state index in [1.165, 1.54) is 16.8 Å². The number of anilines is 1. The normalized spacial score (nSPS) is 15.4. The van der Waals surface area contributed by atoms with Gasteiger partial charge in [0.15, 0.2) is 5.82 Å². The SMILES string of the molecule is COc1ccc(C2=NOC(C(=O)Nc3nn(Cc4ccc(F)cc4Cl)cc3Cl)C2)cc1. The molecule has 0 aliphatic carbocycles. The van der Waals surface area contributed by atoms with E-state index in [0.717, 1.165) is 11.3 Å². The average Bonchev–Trinajstić information content (AvgIpc) is 3.37. The van der Waals surface area contributed by atoms with Crippen LogP contribution in [0.25, 0.3) is 0 Å². The fraction of sp³-hybridized carbons (Fsp3) is 0.190. The Labute approximate surface area is 187 Å². The third-order valence-electron chi connectivity index (χ3n) is 4.69. The lowest BCUT2D eigenvalue weighted by Crippen LogP contribution is -2.28. The summed E-state index contributed by atoms with van der Waals surface area (Å²) in [5.41, 5.74) is 2.16. The maximum atomic E-state index is 13.2. The minimum Gasteiger partial charge on any atom is -0.497 e. The third-order valence-corrected chi connectivity index (χ3v) is 5.32. The number of benzene rings is 2. The van der Waals surface area contributed by atoms with Crippen LogP contribution in [0.2, 0.25) is 10.0 Å². The van der Waals surface area contributed by atoms with E-state index in [0.29, 0.717) is 17.7 Å². The van der Waals surface area contributed by atoms with E-state index < -0.39 is 17.8 Å². The van der Waals surface area contributed by atoms with Gasteiger partial charge in [-0.2, -0.15) is 5.10 Å². The van der Waals surface area contributed by atoms with E-state index in [1.807, 2.05) is 24.3 Å². The molecule has 1 atom stereocenters. The molecule has 0 fully saturated rings. The molecular formula is C21H17Cl2FN4O3. The van der Waals surface area contributed by atoms with Gasteiger partial charge in [-0.15, -0.1) is 0 Å². The second-order valence-corrected chi connectivity index (χ2v) is 7.63. The van der Waals surface area contributed by atoms with Crippen LogP contribution < -0.4 is 10.1 Å². The van der Waals surface area contributed by atoms with Gasteiger partial charge in [-0.1, -0.05) is 34.4 Å². The number of hydrogen-bond acceptors (Lipinski definition) is 5. The Bertz CT molecular complexity index is 1150. The van der Waals surface area contributed by atoms with E-state index >= 15 is 0 Å². The summed E-state index contributed by atoms with van der Waals surface area (Å²) in [7, 11) is 1.59. The average molecular weight is 463 g/mol. The highest BCUT2D eigenvalue weighted by Crippen LogP contribution is 2.25. The molecular weight excluding hydrogens is 446 g/mol. The number of nitrogens with one attached hydrogen (secondary N) is 1. The van der Waals surface area contributed by atoms with Crippen LogP contribution in [0, 0.1) is 5.82 Å². The summed E-state index contributed by atoms with van der Waals surface area (Å²) in [6.45, 7) is 0.263. The Morgan fingerprint density at radius 3 is 2.74 bits per heavy atom. The van der Waals surface area contributed by atoms with E-state index in [4.69, 9.17) is 32.8 Å². The molecule has 0 radical (unpaired) electrons. The monoisotopic (exact) mass is 462 g/mol. The highest BCUT2D eigenvalue weighted by atomic mass is 35.5. The predicted octanol–water partition coefficient (Wildman–Crippen LogP) is 4.52. The van der Waals surface area contributed by atoms with Gasteiger partial charge in [0.05, 0.1) is 19.4 Å². The molecule has 0 spiro atoms. The zero-order valence-corrected chi connectivity index (χ0v) is 17.8. The van der Waals surface area contributed by atoms with E-state index in [1.54, 1.807) is 19.4 Å². The molecule has 0 saturated heterocycles. The quantitative estimate of drug-likeness (QED) is 0.584.